The van der Waals surface area contributed by atoms with E-state index in [1.165, 1.54) is 12.1 Å². The van der Waals surface area contributed by atoms with E-state index < -0.39 is 5.82 Å². The van der Waals surface area contributed by atoms with Crippen LogP contribution < -0.4 is 4.74 Å². The SMILES string of the molecule is Fc1cc(Br)ccc1OCc1nnc(-c2ccc(Br)o2)o1. The van der Waals surface area contributed by atoms with Crippen LogP contribution in [0.1, 0.15) is 5.89 Å². The number of halogens is 3. The van der Waals surface area contributed by atoms with Crippen molar-refractivity contribution in [2.24, 2.45) is 0 Å². The van der Waals surface area contributed by atoms with E-state index in [2.05, 4.69) is 42.1 Å². The molecule has 0 saturated heterocycles. The predicted octanol–water partition coefficient (Wildman–Crippen LogP) is 4.57. The first kappa shape index (κ1) is 14.3. The summed E-state index contributed by atoms with van der Waals surface area (Å²) in [5.41, 5.74) is 0. The van der Waals surface area contributed by atoms with Crippen LogP contribution in [0.25, 0.3) is 11.7 Å². The molecular formula is C13H7Br2FN2O3. The fraction of sp³-hybridized carbons (Fsp3) is 0.0769. The van der Waals surface area contributed by atoms with Gasteiger partial charge in [-0.1, -0.05) is 15.9 Å². The molecule has 0 saturated carbocycles. The molecule has 2 heterocycles. The van der Waals surface area contributed by atoms with Crippen LogP contribution in [-0.2, 0) is 6.61 Å². The van der Waals surface area contributed by atoms with Crippen molar-refractivity contribution in [1.82, 2.24) is 10.2 Å². The molecule has 1 aromatic carbocycles. The number of furan rings is 1. The molecule has 2 aromatic heterocycles. The molecule has 3 rings (SSSR count). The molecular weight excluding hydrogens is 411 g/mol. The van der Waals surface area contributed by atoms with Crippen LogP contribution in [-0.4, -0.2) is 10.2 Å². The zero-order valence-corrected chi connectivity index (χ0v) is 13.5. The first-order valence-electron chi connectivity index (χ1n) is 5.78. The van der Waals surface area contributed by atoms with Gasteiger partial charge in [0.1, 0.15) is 0 Å². The Morgan fingerprint density at radius 3 is 2.67 bits per heavy atom. The largest absolute Gasteiger partial charge is 0.481 e. The van der Waals surface area contributed by atoms with Gasteiger partial charge >= 0.3 is 0 Å². The lowest BCUT2D eigenvalue weighted by molar-refractivity contribution is 0.252. The number of aromatic nitrogens is 2. The Hall–Kier alpha value is -1.67. The van der Waals surface area contributed by atoms with Crippen LogP contribution >= 0.6 is 31.9 Å². The molecule has 21 heavy (non-hydrogen) atoms. The molecule has 0 N–H and O–H groups in total. The van der Waals surface area contributed by atoms with Crippen LogP contribution in [0, 0.1) is 5.82 Å². The van der Waals surface area contributed by atoms with Gasteiger partial charge in [0.05, 0.1) is 0 Å². The molecule has 0 unspecified atom stereocenters. The van der Waals surface area contributed by atoms with E-state index in [0.717, 1.165) is 0 Å². The summed E-state index contributed by atoms with van der Waals surface area (Å²) < 4.78 is 30.7. The highest BCUT2D eigenvalue weighted by Gasteiger charge is 2.13. The smallest absolute Gasteiger partial charge is 0.283 e. The predicted molar refractivity (Wildman–Crippen MR) is 78.1 cm³/mol. The minimum atomic E-state index is -0.473. The van der Waals surface area contributed by atoms with Gasteiger partial charge in [-0.05, 0) is 46.3 Å². The second-order valence-corrected chi connectivity index (χ2v) is 5.67. The molecule has 8 heteroatoms. The summed E-state index contributed by atoms with van der Waals surface area (Å²) in [6, 6.07) is 7.91. The third kappa shape index (κ3) is 3.33. The number of ether oxygens (including phenoxy) is 1. The molecule has 0 amide bonds. The molecule has 0 spiro atoms. The van der Waals surface area contributed by atoms with Gasteiger partial charge in [-0.15, -0.1) is 10.2 Å². The molecule has 3 aromatic rings. The maximum atomic E-state index is 13.6. The normalized spacial score (nSPS) is 10.8. The van der Waals surface area contributed by atoms with Gasteiger partial charge in [0.15, 0.2) is 28.6 Å². The number of hydrogen-bond acceptors (Lipinski definition) is 5. The molecule has 0 aliphatic heterocycles. The van der Waals surface area contributed by atoms with Crippen molar-refractivity contribution >= 4 is 31.9 Å². The summed E-state index contributed by atoms with van der Waals surface area (Å²) in [7, 11) is 0. The minimum Gasteiger partial charge on any atom is -0.481 e. The van der Waals surface area contributed by atoms with Crippen LogP contribution in [0.15, 0.2) is 48.3 Å². The second-order valence-electron chi connectivity index (χ2n) is 3.97. The molecule has 0 bridgehead atoms. The average molecular weight is 418 g/mol. The van der Waals surface area contributed by atoms with E-state index in [-0.39, 0.29) is 24.1 Å². The van der Waals surface area contributed by atoms with E-state index in [0.29, 0.717) is 14.9 Å². The van der Waals surface area contributed by atoms with Gasteiger partial charge in [0.25, 0.3) is 11.8 Å². The Bertz CT molecular complexity index is 772. The second kappa shape index (κ2) is 5.98. The fourth-order valence-corrected chi connectivity index (χ4v) is 2.21. The summed E-state index contributed by atoms with van der Waals surface area (Å²) in [6.07, 6.45) is 0. The lowest BCUT2D eigenvalue weighted by Crippen LogP contribution is -1.97. The van der Waals surface area contributed by atoms with Gasteiger partial charge in [-0.25, -0.2) is 4.39 Å². The number of rotatable bonds is 4. The number of hydrogen-bond donors (Lipinski definition) is 0. The van der Waals surface area contributed by atoms with Gasteiger partial charge in [-0.3, -0.25) is 0 Å². The van der Waals surface area contributed by atoms with Crippen LogP contribution in [0.2, 0.25) is 0 Å². The van der Waals surface area contributed by atoms with Gasteiger partial charge in [0, 0.05) is 4.47 Å². The van der Waals surface area contributed by atoms with E-state index in [4.69, 9.17) is 13.6 Å². The molecule has 0 aliphatic carbocycles. The fourth-order valence-electron chi connectivity index (χ4n) is 1.57. The zero-order chi connectivity index (χ0) is 14.8. The standard InChI is InChI=1S/C13H7Br2FN2O3/c14-7-1-2-9(8(16)5-7)19-6-12-17-18-13(21-12)10-3-4-11(15)20-10/h1-5H,6H2. The zero-order valence-electron chi connectivity index (χ0n) is 10.3. The maximum absolute atomic E-state index is 13.6. The molecule has 108 valence electrons. The van der Waals surface area contributed by atoms with Crippen LogP contribution in [0.5, 0.6) is 5.75 Å². The topological polar surface area (TPSA) is 61.3 Å². The highest BCUT2D eigenvalue weighted by atomic mass is 79.9. The summed E-state index contributed by atoms with van der Waals surface area (Å²) in [5.74, 6) is 0.531. The van der Waals surface area contributed by atoms with Gasteiger partial charge in [-0.2, -0.15) is 0 Å². The van der Waals surface area contributed by atoms with Crippen LogP contribution in [0.3, 0.4) is 0 Å². The summed E-state index contributed by atoms with van der Waals surface area (Å²) >= 11 is 6.36. The van der Waals surface area contributed by atoms with Crippen molar-refractivity contribution in [1.29, 1.82) is 0 Å². The van der Waals surface area contributed by atoms with Crippen molar-refractivity contribution in [2.45, 2.75) is 6.61 Å². The van der Waals surface area contributed by atoms with E-state index in [9.17, 15) is 4.39 Å². The molecule has 0 fully saturated rings. The monoisotopic (exact) mass is 416 g/mol. The highest BCUT2D eigenvalue weighted by Crippen LogP contribution is 2.25. The number of benzene rings is 1. The van der Waals surface area contributed by atoms with Crippen molar-refractivity contribution in [3.8, 4) is 17.4 Å². The third-order valence-electron chi connectivity index (χ3n) is 2.50. The van der Waals surface area contributed by atoms with Crippen molar-refractivity contribution in [3.63, 3.8) is 0 Å². The Balaban J connectivity index is 1.70. The molecule has 0 aliphatic rings. The summed E-state index contributed by atoms with van der Waals surface area (Å²) in [6.45, 7) is -0.0343. The first-order valence-corrected chi connectivity index (χ1v) is 7.36. The van der Waals surface area contributed by atoms with E-state index in [1.807, 2.05) is 0 Å². The lowest BCUT2D eigenvalue weighted by Gasteiger charge is -2.04. The van der Waals surface area contributed by atoms with Gasteiger partial charge in [0.2, 0.25) is 0 Å². The minimum absolute atomic E-state index is 0.0343. The maximum Gasteiger partial charge on any atom is 0.283 e. The summed E-state index contributed by atoms with van der Waals surface area (Å²) in [5, 5.41) is 7.65. The van der Waals surface area contributed by atoms with Crippen molar-refractivity contribution in [2.75, 3.05) is 0 Å². The highest BCUT2D eigenvalue weighted by molar-refractivity contribution is 9.10. The molecule has 5 nitrogen and oxygen atoms in total. The van der Waals surface area contributed by atoms with Crippen molar-refractivity contribution < 1.29 is 18.0 Å². The van der Waals surface area contributed by atoms with E-state index in [1.54, 1.807) is 18.2 Å². The Kier molecular flexibility index (Phi) is 4.07. The average Bonchev–Trinajstić information content (AvgIpc) is 3.06. The quantitative estimate of drug-likeness (QED) is 0.622. The first-order chi connectivity index (χ1) is 10.1. The lowest BCUT2D eigenvalue weighted by atomic mass is 10.3. The van der Waals surface area contributed by atoms with Gasteiger partial charge < -0.3 is 13.6 Å². The molecule has 0 atom stereocenters. The number of nitrogens with zero attached hydrogens (tertiary/aromatic N) is 2. The third-order valence-corrected chi connectivity index (χ3v) is 3.42. The molecule has 0 radical (unpaired) electrons. The summed E-state index contributed by atoms with van der Waals surface area (Å²) in [4.78, 5) is 0. The Morgan fingerprint density at radius 1 is 1.10 bits per heavy atom. The van der Waals surface area contributed by atoms with Crippen molar-refractivity contribution in [3.05, 3.63) is 51.2 Å². The van der Waals surface area contributed by atoms with E-state index >= 15 is 0 Å². The Morgan fingerprint density at radius 2 is 1.95 bits per heavy atom. The Labute approximate surface area is 135 Å². The van der Waals surface area contributed by atoms with Crippen LogP contribution in [0.4, 0.5) is 4.39 Å².